The van der Waals surface area contributed by atoms with Crippen LogP contribution in [-0.4, -0.2) is 42.8 Å². The second-order valence-electron chi connectivity index (χ2n) is 4.96. The number of hydrogen-bond acceptors (Lipinski definition) is 4. The molecule has 1 aromatic rings. The molecule has 1 aromatic heterocycles. The topological polar surface area (TPSA) is 38.0 Å². The van der Waals surface area contributed by atoms with Gasteiger partial charge in [-0.05, 0) is 12.8 Å². The Hall–Kier alpha value is -0.130. The molecule has 3 nitrogen and oxygen atoms in total. The quantitative estimate of drug-likeness (QED) is 0.877. The van der Waals surface area contributed by atoms with E-state index in [1.54, 1.807) is 0 Å². The normalized spacial score (nSPS) is 25.4. The summed E-state index contributed by atoms with van der Waals surface area (Å²) in [5.74, 6) is 3.41. The number of nitrogens with zero attached hydrogens (tertiary/aromatic N) is 2. The number of imidazole rings is 1. The van der Waals surface area contributed by atoms with Crippen molar-refractivity contribution in [3.8, 4) is 0 Å². The van der Waals surface area contributed by atoms with Gasteiger partial charge in [0.15, 0.2) is 0 Å². The molecule has 3 unspecified atom stereocenters. The Morgan fingerprint density at radius 2 is 2.21 bits per heavy atom. The molecule has 1 aliphatic heterocycles. The first-order valence-corrected chi connectivity index (χ1v) is 9.27. The highest BCUT2D eigenvalue weighted by atomic mass is 32.2. The maximum atomic E-state index is 10.6. The van der Waals surface area contributed by atoms with Crippen LogP contribution in [0.2, 0.25) is 0 Å². The minimum atomic E-state index is -0.277. The number of aliphatic hydroxyl groups is 1. The zero-order valence-corrected chi connectivity index (χ0v) is 13.4. The molecule has 0 aromatic carbocycles. The summed E-state index contributed by atoms with van der Waals surface area (Å²) in [6.45, 7) is 5.38. The Morgan fingerprint density at radius 3 is 2.95 bits per heavy atom. The van der Waals surface area contributed by atoms with Crippen LogP contribution >= 0.6 is 23.5 Å². The standard InChI is InChI=1S/C14H24N2OS2/c1-3-6-16-7-5-15-13(16)10-11(17)14-12(4-2)18-8-9-19-14/h5,7,11-12,14,17H,3-4,6,8-10H2,1-2H3. The predicted octanol–water partition coefficient (Wildman–Crippen LogP) is 2.82. The lowest BCUT2D eigenvalue weighted by Gasteiger charge is -2.33. The number of thioether (sulfide) groups is 2. The van der Waals surface area contributed by atoms with E-state index in [1.165, 1.54) is 5.75 Å². The number of aromatic nitrogens is 2. The van der Waals surface area contributed by atoms with Crippen molar-refractivity contribution in [2.24, 2.45) is 0 Å². The monoisotopic (exact) mass is 300 g/mol. The van der Waals surface area contributed by atoms with Crippen LogP contribution in [-0.2, 0) is 13.0 Å². The molecule has 0 amide bonds. The molecule has 2 heterocycles. The molecule has 0 aliphatic carbocycles. The van der Waals surface area contributed by atoms with E-state index in [9.17, 15) is 5.11 Å². The number of aryl methyl sites for hydroxylation is 1. The number of hydrogen-bond donors (Lipinski definition) is 1. The molecule has 3 atom stereocenters. The molecule has 0 bridgehead atoms. The lowest BCUT2D eigenvalue weighted by Crippen LogP contribution is -2.37. The van der Waals surface area contributed by atoms with E-state index in [-0.39, 0.29) is 6.10 Å². The Bertz CT molecular complexity index is 383. The van der Waals surface area contributed by atoms with E-state index in [0.29, 0.717) is 16.9 Å². The van der Waals surface area contributed by atoms with E-state index in [4.69, 9.17) is 0 Å². The molecule has 1 fully saturated rings. The Labute approximate surface area is 124 Å². The van der Waals surface area contributed by atoms with Gasteiger partial charge in [0.25, 0.3) is 0 Å². The van der Waals surface area contributed by atoms with Crippen molar-refractivity contribution in [1.29, 1.82) is 0 Å². The van der Waals surface area contributed by atoms with E-state index in [1.807, 2.05) is 35.9 Å². The molecule has 108 valence electrons. The summed E-state index contributed by atoms with van der Waals surface area (Å²) in [6.07, 6.45) is 6.51. The minimum Gasteiger partial charge on any atom is -0.391 e. The van der Waals surface area contributed by atoms with Crippen molar-refractivity contribution >= 4 is 23.5 Å². The van der Waals surface area contributed by atoms with Gasteiger partial charge in [0.1, 0.15) is 5.82 Å². The van der Waals surface area contributed by atoms with Gasteiger partial charge in [0, 0.05) is 47.4 Å². The maximum absolute atomic E-state index is 10.6. The van der Waals surface area contributed by atoms with Gasteiger partial charge in [-0.15, -0.1) is 0 Å². The lowest BCUT2D eigenvalue weighted by atomic mass is 10.1. The molecule has 1 aliphatic rings. The van der Waals surface area contributed by atoms with Crippen molar-refractivity contribution in [2.45, 2.75) is 56.3 Å². The van der Waals surface area contributed by atoms with Crippen molar-refractivity contribution < 1.29 is 5.11 Å². The molecule has 0 spiro atoms. The molecule has 5 heteroatoms. The molecular weight excluding hydrogens is 276 g/mol. The van der Waals surface area contributed by atoms with Crippen molar-refractivity contribution in [3.63, 3.8) is 0 Å². The summed E-state index contributed by atoms with van der Waals surface area (Å²) < 4.78 is 2.17. The van der Waals surface area contributed by atoms with Gasteiger partial charge < -0.3 is 9.67 Å². The minimum absolute atomic E-state index is 0.277. The smallest absolute Gasteiger partial charge is 0.111 e. The summed E-state index contributed by atoms with van der Waals surface area (Å²) in [7, 11) is 0. The van der Waals surface area contributed by atoms with Crippen LogP contribution in [0.1, 0.15) is 32.5 Å². The predicted molar refractivity (Wildman–Crippen MR) is 85.0 cm³/mol. The van der Waals surface area contributed by atoms with Crippen LogP contribution in [0.3, 0.4) is 0 Å². The van der Waals surface area contributed by atoms with Gasteiger partial charge in [-0.1, -0.05) is 13.8 Å². The zero-order valence-electron chi connectivity index (χ0n) is 11.8. The van der Waals surface area contributed by atoms with Crippen LogP contribution in [0, 0.1) is 0 Å². The number of aliphatic hydroxyl groups excluding tert-OH is 1. The third-order valence-electron chi connectivity index (χ3n) is 3.53. The fourth-order valence-corrected chi connectivity index (χ4v) is 5.72. The van der Waals surface area contributed by atoms with E-state index in [0.717, 1.165) is 31.0 Å². The summed E-state index contributed by atoms with van der Waals surface area (Å²) in [5.41, 5.74) is 0. The fourth-order valence-electron chi connectivity index (χ4n) is 2.57. The van der Waals surface area contributed by atoms with Crippen molar-refractivity contribution in [1.82, 2.24) is 9.55 Å². The van der Waals surface area contributed by atoms with Gasteiger partial charge >= 0.3 is 0 Å². The van der Waals surface area contributed by atoms with Crippen molar-refractivity contribution in [2.75, 3.05) is 11.5 Å². The van der Waals surface area contributed by atoms with Crippen LogP contribution in [0.25, 0.3) is 0 Å². The summed E-state index contributed by atoms with van der Waals surface area (Å²) in [5, 5.41) is 11.5. The fraction of sp³-hybridized carbons (Fsp3) is 0.786. The van der Waals surface area contributed by atoms with Gasteiger partial charge in [-0.25, -0.2) is 4.98 Å². The number of rotatable bonds is 6. The molecule has 1 N–H and O–H groups in total. The molecule has 0 radical (unpaired) electrons. The van der Waals surface area contributed by atoms with E-state index >= 15 is 0 Å². The highest BCUT2D eigenvalue weighted by Crippen LogP contribution is 2.35. The van der Waals surface area contributed by atoms with E-state index in [2.05, 4.69) is 23.4 Å². The van der Waals surface area contributed by atoms with Gasteiger partial charge in [0.05, 0.1) is 6.10 Å². The van der Waals surface area contributed by atoms with Gasteiger partial charge in [0.2, 0.25) is 0 Å². The molecule has 2 rings (SSSR count). The molecule has 19 heavy (non-hydrogen) atoms. The third kappa shape index (κ3) is 3.92. The van der Waals surface area contributed by atoms with Crippen LogP contribution < -0.4 is 0 Å². The second kappa shape index (κ2) is 7.60. The van der Waals surface area contributed by atoms with Crippen LogP contribution in [0.4, 0.5) is 0 Å². The average Bonchev–Trinajstić information content (AvgIpc) is 2.86. The van der Waals surface area contributed by atoms with Crippen LogP contribution in [0.5, 0.6) is 0 Å². The Kier molecular flexibility index (Phi) is 6.10. The molecular formula is C14H24N2OS2. The largest absolute Gasteiger partial charge is 0.391 e. The highest BCUT2D eigenvalue weighted by molar-refractivity contribution is 8.07. The summed E-state index contributed by atoms with van der Waals surface area (Å²) in [6, 6.07) is 0. The Morgan fingerprint density at radius 1 is 1.42 bits per heavy atom. The molecule has 0 saturated carbocycles. The first kappa shape index (κ1) is 15.3. The first-order chi connectivity index (χ1) is 9.26. The SMILES string of the molecule is CCCn1ccnc1CC(O)C1SCCSC1CC. The Balaban J connectivity index is 1.98. The average molecular weight is 300 g/mol. The van der Waals surface area contributed by atoms with Gasteiger partial charge in [-0.3, -0.25) is 0 Å². The highest BCUT2D eigenvalue weighted by Gasteiger charge is 2.31. The maximum Gasteiger partial charge on any atom is 0.111 e. The van der Waals surface area contributed by atoms with Gasteiger partial charge in [-0.2, -0.15) is 23.5 Å². The van der Waals surface area contributed by atoms with Crippen LogP contribution in [0.15, 0.2) is 12.4 Å². The van der Waals surface area contributed by atoms with Crippen molar-refractivity contribution in [3.05, 3.63) is 18.2 Å². The first-order valence-electron chi connectivity index (χ1n) is 7.17. The van der Waals surface area contributed by atoms with E-state index < -0.39 is 0 Å². The lowest BCUT2D eigenvalue weighted by molar-refractivity contribution is 0.166. The summed E-state index contributed by atoms with van der Waals surface area (Å²) >= 11 is 3.96. The zero-order chi connectivity index (χ0) is 13.7. The third-order valence-corrected chi connectivity index (χ3v) is 6.92. The molecule has 1 saturated heterocycles. The second-order valence-corrected chi connectivity index (χ2v) is 7.59. The summed E-state index contributed by atoms with van der Waals surface area (Å²) in [4.78, 5) is 4.41.